The van der Waals surface area contributed by atoms with Crippen LogP contribution in [0.15, 0.2) is 48.5 Å². The molecule has 0 bridgehead atoms. The van der Waals surface area contributed by atoms with Crippen molar-refractivity contribution in [3.05, 3.63) is 69.9 Å². The summed E-state index contributed by atoms with van der Waals surface area (Å²) in [5.74, 6) is -0.125. The van der Waals surface area contributed by atoms with E-state index in [2.05, 4.69) is 15.2 Å². The first-order chi connectivity index (χ1) is 15.3. The predicted octanol–water partition coefficient (Wildman–Crippen LogP) is 2.90. The van der Waals surface area contributed by atoms with E-state index in [0.717, 1.165) is 0 Å². The highest BCUT2D eigenvalue weighted by molar-refractivity contribution is 6.04. The number of aromatic nitrogens is 2. The Balaban J connectivity index is 1.84. The molecule has 0 atom stereocenters. The van der Waals surface area contributed by atoms with Crippen molar-refractivity contribution < 1.29 is 28.7 Å². The lowest BCUT2D eigenvalue weighted by atomic mass is 10.2. The number of amides is 1. The van der Waals surface area contributed by atoms with E-state index in [1.54, 1.807) is 25.1 Å². The maximum absolute atomic E-state index is 12.9. The van der Waals surface area contributed by atoms with Crippen LogP contribution in [-0.4, -0.2) is 47.4 Å². The molecular formula is C21H20N4O7. The van der Waals surface area contributed by atoms with Crippen molar-refractivity contribution >= 4 is 23.4 Å². The fourth-order valence-corrected chi connectivity index (χ4v) is 2.82. The van der Waals surface area contributed by atoms with Crippen LogP contribution < -0.4 is 14.8 Å². The average molecular weight is 440 g/mol. The summed E-state index contributed by atoms with van der Waals surface area (Å²) in [6.07, 6.45) is 0. The highest BCUT2D eigenvalue weighted by Crippen LogP contribution is 2.29. The highest BCUT2D eigenvalue weighted by atomic mass is 16.6. The van der Waals surface area contributed by atoms with E-state index in [4.69, 9.17) is 9.47 Å². The SMILES string of the molecule is COC(=O)COc1cc(C(=O)Nc2cc(C)nn2-c2ccc([N+](=O)[O-])cc2)ccc1OC. The minimum absolute atomic E-state index is 0.0547. The maximum atomic E-state index is 12.9. The fraction of sp³-hybridized carbons (Fsp3) is 0.190. The van der Waals surface area contributed by atoms with Gasteiger partial charge < -0.3 is 19.5 Å². The van der Waals surface area contributed by atoms with E-state index in [1.807, 2.05) is 0 Å². The zero-order valence-corrected chi connectivity index (χ0v) is 17.5. The van der Waals surface area contributed by atoms with Crippen LogP contribution in [0.2, 0.25) is 0 Å². The molecule has 0 radical (unpaired) electrons. The third kappa shape index (κ3) is 5.01. The summed E-state index contributed by atoms with van der Waals surface area (Å²) in [4.78, 5) is 34.6. The van der Waals surface area contributed by atoms with E-state index in [9.17, 15) is 19.7 Å². The van der Waals surface area contributed by atoms with Crippen molar-refractivity contribution in [3.8, 4) is 17.2 Å². The van der Waals surface area contributed by atoms with Crippen LogP contribution in [0.5, 0.6) is 11.5 Å². The minimum Gasteiger partial charge on any atom is -0.493 e. The molecule has 0 unspecified atom stereocenters. The number of nitrogens with zero attached hydrogens (tertiary/aromatic N) is 3. The van der Waals surface area contributed by atoms with E-state index < -0.39 is 16.8 Å². The lowest BCUT2D eigenvalue weighted by Crippen LogP contribution is -2.16. The van der Waals surface area contributed by atoms with E-state index >= 15 is 0 Å². The van der Waals surface area contributed by atoms with Gasteiger partial charge in [-0.05, 0) is 37.3 Å². The topological polar surface area (TPSA) is 135 Å². The molecule has 11 nitrogen and oxygen atoms in total. The van der Waals surface area contributed by atoms with Crippen molar-refractivity contribution in [1.29, 1.82) is 0 Å². The predicted molar refractivity (Wildman–Crippen MR) is 113 cm³/mol. The third-order valence-corrected chi connectivity index (χ3v) is 4.38. The first-order valence-electron chi connectivity index (χ1n) is 9.33. The molecule has 2 aromatic carbocycles. The molecule has 166 valence electrons. The number of aryl methyl sites for hydroxylation is 1. The van der Waals surface area contributed by atoms with Gasteiger partial charge in [-0.25, -0.2) is 9.48 Å². The largest absolute Gasteiger partial charge is 0.493 e. The Bertz CT molecular complexity index is 1160. The number of ether oxygens (including phenoxy) is 3. The number of carbonyl (C=O) groups is 2. The normalized spacial score (nSPS) is 10.3. The first kappa shape index (κ1) is 22.3. The maximum Gasteiger partial charge on any atom is 0.343 e. The summed E-state index contributed by atoms with van der Waals surface area (Å²) in [5, 5.41) is 18.0. The van der Waals surface area contributed by atoms with Gasteiger partial charge in [0.05, 0.1) is 30.5 Å². The first-order valence-corrected chi connectivity index (χ1v) is 9.33. The number of nitro groups is 1. The molecule has 1 aromatic heterocycles. The lowest BCUT2D eigenvalue weighted by molar-refractivity contribution is -0.384. The number of rotatable bonds is 8. The zero-order valence-electron chi connectivity index (χ0n) is 17.5. The van der Waals surface area contributed by atoms with E-state index in [1.165, 1.54) is 49.2 Å². The molecule has 0 fully saturated rings. The number of anilines is 1. The smallest absolute Gasteiger partial charge is 0.343 e. The number of nitro benzene ring substituents is 1. The van der Waals surface area contributed by atoms with Gasteiger partial charge in [0.1, 0.15) is 5.82 Å². The molecule has 0 saturated carbocycles. The standard InChI is InChI=1S/C21H20N4O7/c1-13-10-19(24(23-13)15-5-7-16(8-6-15)25(28)29)22-21(27)14-4-9-17(30-2)18(11-14)32-12-20(26)31-3/h4-11H,12H2,1-3H3,(H,22,27). The quantitative estimate of drug-likeness (QED) is 0.321. The number of hydrogen-bond acceptors (Lipinski definition) is 8. The number of hydrogen-bond donors (Lipinski definition) is 1. The van der Waals surface area contributed by atoms with Gasteiger partial charge in [0, 0.05) is 23.8 Å². The van der Waals surface area contributed by atoms with Crippen LogP contribution >= 0.6 is 0 Å². The second-order valence-electron chi connectivity index (χ2n) is 6.54. The molecule has 0 aliphatic carbocycles. The van der Waals surface area contributed by atoms with Crippen molar-refractivity contribution in [2.75, 3.05) is 26.1 Å². The summed E-state index contributed by atoms with van der Waals surface area (Å²) < 4.78 is 16.6. The summed E-state index contributed by atoms with van der Waals surface area (Å²) in [7, 11) is 2.68. The monoisotopic (exact) mass is 440 g/mol. The summed E-state index contributed by atoms with van der Waals surface area (Å²) >= 11 is 0. The van der Waals surface area contributed by atoms with Gasteiger partial charge in [-0.15, -0.1) is 0 Å². The molecule has 0 aliphatic heterocycles. The Kier molecular flexibility index (Phi) is 6.68. The number of esters is 1. The third-order valence-electron chi connectivity index (χ3n) is 4.38. The Morgan fingerprint density at radius 1 is 1.09 bits per heavy atom. The Labute approximate surface area is 182 Å². The minimum atomic E-state index is -0.579. The van der Waals surface area contributed by atoms with Gasteiger partial charge in [0.25, 0.3) is 11.6 Å². The molecule has 1 N–H and O–H groups in total. The van der Waals surface area contributed by atoms with Gasteiger partial charge in [0.15, 0.2) is 18.1 Å². The van der Waals surface area contributed by atoms with Gasteiger partial charge in [0.2, 0.25) is 0 Å². The molecule has 3 rings (SSSR count). The molecule has 0 spiro atoms. The number of benzene rings is 2. The van der Waals surface area contributed by atoms with Crippen LogP contribution in [0.25, 0.3) is 5.69 Å². The van der Waals surface area contributed by atoms with Gasteiger partial charge >= 0.3 is 5.97 Å². The van der Waals surface area contributed by atoms with Crippen molar-refractivity contribution in [2.45, 2.75) is 6.92 Å². The lowest BCUT2D eigenvalue weighted by Gasteiger charge is -2.12. The molecule has 3 aromatic rings. The molecule has 32 heavy (non-hydrogen) atoms. The van der Waals surface area contributed by atoms with Crippen molar-refractivity contribution in [2.24, 2.45) is 0 Å². The fourth-order valence-electron chi connectivity index (χ4n) is 2.82. The van der Waals surface area contributed by atoms with E-state index in [0.29, 0.717) is 22.9 Å². The average Bonchev–Trinajstić information content (AvgIpc) is 3.16. The van der Waals surface area contributed by atoms with Crippen LogP contribution in [0.4, 0.5) is 11.5 Å². The van der Waals surface area contributed by atoms with Gasteiger partial charge in [-0.3, -0.25) is 14.9 Å². The van der Waals surface area contributed by atoms with Crippen LogP contribution in [0.3, 0.4) is 0 Å². The van der Waals surface area contributed by atoms with E-state index in [-0.39, 0.29) is 23.6 Å². The summed E-state index contributed by atoms with van der Waals surface area (Å²) in [5.41, 5.74) is 1.37. The summed E-state index contributed by atoms with van der Waals surface area (Å²) in [6, 6.07) is 12.0. The second-order valence-corrected chi connectivity index (χ2v) is 6.54. The second kappa shape index (κ2) is 9.60. The number of non-ortho nitro benzene ring substituents is 1. The summed E-state index contributed by atoms with van der Waals surface area (Å²) in [6.45, 7) is 1.41. The van der Waals surface area contributed by atoms with Crippen molar-refractivity contribution in [3.63, 3.8) is 0 Å². The Morgan fingerprint density at radius 3 is 2.44 bits per heavy atom. The Hall–Kier alpha value is -4.41. The molecular weight excluding hydrogens is 420 g/mol. The molecule has 11 heteroatoms. The molecule has 1 heterocycles. The van der Waals surface area contributed by atoms with Crippen LogP contribution in [0, 0.1) is 17.0 Å². The van der Waals surface area contributed by atoms with Crippen LogP contribution in [-0.2, 0) is 9.53 Å². The van der Waals surface area contributed by atoms with Crippen LogP contribution in [0.1, 0.15) is 16.1 Å². The zero-order chi connectivity index (χ0) is 23.3. The number of nitrogens with one attached hydrogen (secondary N) is 1. The Morgan fingerprint density at radius 2 is 1.81 bits per heavy atom. The molecule has 0 saturated heterocycles. The number of carbonyl (C=O) groups excluding carboxylic acids is 2. The highest BCUT2D eigenvalue weighted by Gasteiger charge is 2.16. The van der Waals surface area contributed by atoms with Gasteiger partial charge in [-0.2, -0.15) is 5.10 Å². The molecule has 1 amide bonds. The van der Waals surface area contributed by atoms with Gasteiger partial charge in [-0.1, -0.05) is 0 Å². The number of methoxy groups -OCH3 is 2. The molecule has 0 aliphatic rings. The van der Waals surface area contributed by atoms with Crippen molar-refractivity contribution in [1.82, 2.24) is 9.78 Å².